The molecule has 2 rings (SSSR count). The van der Waals surface area contributed by atoms with E-state index in [0.29, 0.717) is 19.5 Å². The van der Waals surface area contributed by atoms with Crippen LogP contribution in [-0.4, -0.2) is 136 Å². The van der Waals surface area contributed by atoms with Crippen molar-refractivity contribution < 1.29 is 44.5 Å². The number of rotatable bonds is 9. The fraction of sp³-hybridized carbons (Fsp3) is 0.971. The van der Waals surface area contributed by atoms with Gasteiger partial charge < -0.3 is 55.3 Å². The van der Waals surface area contributed by atoms with E-state index in [-0.39, 0.29) is 37.5 Å². The van der Waals surface area contributed by atoms with Crippen LogP contribution < -0.4 is 10.6 Å². The summed E-state index contributed by atoms with van der Waals surface area (Å²) in [6.45, 7) is 16.8. The number of nitrogens with one attached hydrogen (secondary N) is 2. The van der Waals surface area contributed by atoms with E-state index in [9.17, 15) is 30.3 Å². The molecule has 1 unspecified atom stereocenters. The highest BCUT2D eigenvalue weighted by Crippen LogP contribution is 2.40. The maximum Gasteiger partial charge on any atom is 0.312 e. The molecule has 0 amide bonds. The van der Waals surface area contributed by atoms with E-state index in [4.69, 9.17) is 14.2 Å². The van der Waals surface area contributed by atoms with E-state index in [2.05, 4.69) is 17.6 Å². The van der Waals surface area contributed by atoms with Gasteiger partial charge in [0.25, 0.3) is 0 Å². The van der Waals surface area contributed by atoms with Crippen LogP contribution in [0, 0.1) is 17.8 Å². The van der Waals surface area contributed by atoms with E-state index >= 15 is 0 Å². The summed E-state index contributed by atoms with van der Waals surface area (Å²) in [6, 6.07) is -0.826. The van der Waals surface area contributed by atoms with Crippen molar-refractivity contribution in [2.24, 2.45) is 17.8 Å². The normalized spacial score (nSPS) is 45.6. The second-order valence-electron chi connectivity index (χ2n) is 15.0. The molecule has 2 saturated heterocycles. The number of cyclic esters (lactones) is 1. The van der Waals surface area contributed by atoms with E-state index in [1.807, 2.05) is 32.8 Å². The number of carbonyl (C=O) groups is 1. The lowest BCUT2D eigenvalue weighted by Gasteiger charge is -2.49. The standard InChI is InChI=1S/C34H67N3O9/c1-12-14-15-35-19-34(43)22(5)29(46-31-27(38)25(37(10)11)16-21(4)44-31)32(8,41)17-20(3)18-36-24(7)28(39)33(9,42)26(13-2)45-30(40)23(34)6/h20-29,31,35-36,38-39,41-43H,12-19H2,1-11H3/t20-,21-,22-,23?,24-,25+,26-,27-,28-,29-,31+,32+,33-,34-/m1/s1. The fourth-order valence-corrected chi connectivity index (χ4v) is 7.31. The first-order valence-electron chi connectivity index (χ1n) is 17.4. The summed E-state index contributed by atoms with van der Waals surface area (Å²) >= 11 is 0. The summed E-state index contributed by atoms with van der Waals surface area (Å²) < 4.78 is 18.6. The Bertz CT molecular complexity index is 938. The Kier molecular flexibility index (Phi) is 15.4. The Hall–Kier alpha value is -0.930. The molecule has 14 atom stereocenters. The van der Waals surface area contributed by atoms with Crippen LogP contribution in [0.25, 0.3) is 0 Å². The van der Waals surface area contributed by atoms with Crippen LogP contribution in [0.3, 0.4) is 0 Å². The fourth-order valence-electron chi connectivity index (χ4n) is 7.31. The number of aliphatic hydroxyl groups excluding tert-OH is 2. The van der Waals surface area contributed by atoms with Crippen LogP contribution >= 0.6 is 0 Å². The highest BCUT2D eigenvalue weighted by atomic mass is 16.7. The summed E-state index contributed by atoms with van der Waals surface area (Å²) in [5.74, 6) is -2.90. The third-order valence-corrected chi connectivity index (χ3v) is 10.5. The Labute approximate surface area is 277 Å². The second kappa shape index (κ2) is 17.1. The molecule has 0 bridgehead atoms. The first kappa shape index (κ1) is 41.2. The first-order chi connectivity index (χ1) is 21.2. The van der Waals surface area contributed by atoms with Gasteiger partial charge in [-0.2, -0.15) is 0 Å². The number of aliphatic hydroxyl groups is 5. The van der Waals surface area contributed by atoms with Gasteiger partial charge in [0.1, 0.15) is 23.9 Å². The molecule has 2 aliphatic rings. The smallest absolute Gasteiger partial charge is 0.312 e. The molecule has 0 aromatic rings. The lowest BCUT2D eigenvalue weighted by Crippen LogP contribution is -2.64. The first-order valence-corrected chi connectivity index (χ1v) is 17.4. The number of ether oxygens (including phenoxy) is 3. The molecule has 0 radical (unpaired) electrons. The van der Waals surface area contributed by atoms with Crippen molar-refractivity contribution in [2.75, 3.05) is 33.7 Å². The average molecular weight is 662 g/mol. The van der Waals surface area contributed by atoms with Gasteiger partial charge in [0, 0.05) is 24.5 Å². The number of unbranched alkanes of at least 4 members (excludes halogenated alkanes) is 1. The highest BCUT2D eigenvalue weighted by Gasteiger charge is 2.54. The summed E-state index contributed by atoms with van der Waals surface area (Å²) in [4.78, 5) is 15.8. The van der Waals surface area contributed by atoms with Gasteiger partial charge in [-0.1, -0.05) is 34.1 Å². The minimum absolute atomic E-state index is 0.00483. The quantitative estimate of drug-likeness (QED) is 0.140. The molecule has 0 aromatic heterocycles. The van der Waals surface area contributed by atoms with Crippen molar-refractivity contribution in [3.63, 3.8) is 0 Å². The predicted octanol–water partition coefficient (Wildman–Crippen LogP) is 1.39. The number of nitrogens with zero attached hydrogens (tertiary/aromatic N) is 1. The molecule has 12 heteroatoms. The molecule has 2 fully saturated rings. The van der Waals surface area contributed by atoms with Crippen LogP contribution in [-0.2, 0) is 19.0 Å². The van der Waals surface area contributed by atoms with E-state index in [1.165, 1.54) is 6.92 Å². The third-order valence-electron chi connectivity index (χ3n) is 10.5. The van der Waals surface area contributed by atoms with Crippen LogP contribution in [0.5, 0.6) is 0 Å². The second-order valence-corrected chi connectivity index (χ2v) is 15.0. The zero-order valence-corrected chi connectivity index (χ0v) is 30.3. The largest absolute Gasteiger partial charge is 0.459 e. The Morgan fingerprint density at radius 1 is 1.07 bits per heavy atom. The average Bonchev–Trinajstić information content (AvgIpc) is 2.98. The maximum absolute atomic E-state index is 13.9. The molecular formula is C34H67N3O9. The van der Waals surface area contributed by atoms with Crippen molar-refractivity contribution in [3.05, 3.63) is 0 Å². The molecule has 0 aromatic carbocycles. The van der Waals surface area contributed by atoms with Gasteiger partial charge in [0.15, 0.2) is 6.29 Å². The zero-order chi connectivity index (χ0) is 35.2. The summed E-state index contributed by atoms with van der Waals surface area (Å²) in [7, 11) is 3.76. The van der Waals surface area contributed by atoms with Crippen LogP contribution in [0.2, 0.25) is 0 Å². The molecule has 272 valence electrons. The lowest BCUT2D eigenvalue weighted by molar-refractivity contribution is -0.304. The molecule has 46 heavy (non-hydrogen) atoms. The molecule has 0 saturated carbocycles. The third kappa shape index (κ3) is 9.83. The summed E-state index contributed by atoms with van der Waals surface area (Å²) in [5, 5.41) is 65.4. The van der Waals surface area contributed by atoms with Gasteiger partial charge in [-0.15, -0.1) is 0 Å². The number of esters is 1. The molecule has 2 aliphatic heterocycles. The molecule has 0 spiro atoms. The molecule has 2 heterocycles. The monoisotopic (exact) mass is 661 g/mol. The predicted molar refractivity (Wildman–Crippen MR) is 177 cm³/mol. The number of likely N-dealkylation sites (N-methyl/N-ethyl adjacent to an activating group) is 1. The number of hydrogen-bond acceptors (Lipinski definition) is 12. The van der Waals surface area contributed by atoms with Crippen molar-refractivity contribution in [2.45, 2.75) is 160 Å². The van der Waals surface area contributed by atoms with Gasteiger partial charge in [0.2, 0.25) is 0 Å². The molecule has 7 N–H and O–H groups in total. The topological polar surface area (TPSA) is 173 Å². The Morgan fingerprint density at radius 3 is 2.26 bits per heavy atom. The molecule has 12 nitrogen and oxygen atoms in total. The number of hydrogen-bond donors (Lipinski definition) is 7. The molecular weight excluding hydrogens is 594 g/mol. The Morgan fingerprint density at radius 2 is 1.70 bits per heavy atom. The summed E-state index contributed by atoms with van der Waals surface area (Å²) in [6.07, 6.45) is -2.95. The Balaban J connectivity index is 2.67. The highest BCUT2D eigenvalue weighted by molar-refractivity contribution is 5.74. The zero-order valence-electron chi connectivity index (χ0n) is 30.3. The van der Waals surface area contributed by atoms with Crippen molar-refractivity contribution in [1.29, 1.82) is 0 Å². The van der Waals surface area contributed by atoms with Gasteiger partial charge in [-0.3, -0.25) is 4.79 Å². The van der Waals surface area contributed by atoms with Crippen molar-refractivity contribution >= 4 is 5.97 Å². The van der Waals surface area contributed by atoms with Crippen LogP contribution in [0.4, 0.5) is 0 Å². The van der Waals surface area contributed by atoms with E-state index in [0.717, 1.165) is 12.8 Å². The van der Waals surface area contributed by atoms with Crippen LogP contribution in [0.15, 0.2) is 0 Å². The minimum atomic E-state index is -1.80. The van der Waals surface area contributed by atoms with E-state index < -0.39 is 71.4 Å². The van der Waals surface area contributed by atoms with Gasteiger partial charge in [-0.05, 0) is 93.4 Å². The maximum atomic E-state index is 13.9. The number of carbonyl (C=O) groups excluding carboxylic acids is 1. The minimum Gasteiger partial charge on any atom is -0.459 e. The van der Waals surface area contributed by atoms with Crippen molar-refractivity contribution in [1.82, 2.24) is 15.5 Å². The lowest BCUT2D eigenvalue weighted by atomic mass is 9.70. The van der Waals surface area contributed by atoms with E-state index in [1.54, 1.807) is 34.6 Å². The van der Waals surface area contributed by atoms with Gasteiger partial charge >= 0.3 is 5.97 Å². The van der Waals surface area contributed by atoms with Crippen LogP contribution in [0.1, 0.15) is 94.4 Å². The SMILES string of the molecule is CCCCNC[C@]1(O)C(C)C(=O)O[C@H](CC)[C@@](C)(O)[C@H](O)[C@@H](C)NC[C@H](C)C[C@](C)(O)[C@H](O[C@@H]2O[C@H](C)C[C@H](N(C)C)[C@H]2O)[C@H]1C. The van der Waals surface area contributed by atoms with Crippen molar-refractivity contribution in [3.8, 4) is 0 Å². The van der Waals surface area contributed by atoms with Gasteiger partial charge in [0.05, 0.1) is 29.3 Å². The van der Waals surface area contributed by atoms with Gasteiger partial charge in [-0.25, -0.2) is 0 Å². The summed E-state index contributed by atoms with van der Waals surface area (Å²) in [5.41, 5.74) is -5.14. The molecule has 0 aliphatic carbocycles.